The van der Waals surface area contributed by atoms with Gasteiger partial charge in [0.15, 0.2) is 0 Å². The molecule has 6 nitrogen and oxygen atoms in total. The summed E-state index contributed by atoms with van der Waals surface area (Å²) in [5.74, 6) is 2.64. The zero-order valence-electron chi connectivity index (χ0n) is 11.4. The number of hydrogen-bond acceptors (Lipinski definition) is 6. The molecule has 6 heteroatoms. The van der Waals surface area contributed by atoms with Crippen LogP contribution in [0.5, 0.6) is 0 Å². The van der Waals surface area contributed by atoms with Gasteiger partial charge in [0.25, 0.3) is 0 Å². The van der Waals surface area contributed by atoms with Gasteiger partial charge < -0.3 is 15.1 Å². The fraction of sp³-hybridized carbons (Fsp3) is 0.429. The summed E-state index contributed by atoms with van der Waals surface area (Å²) in [4.78, 5) is 13.2. The minimum atomic E-state index is 0.457. The van der Waals surface area contributed by atoms with E-state index in [1.54, 1.807) is 12.4 Å². The van der Waals surface area contributed by atoms with E-state index in [1.165, 1.54) is 0 Å². The van der Waals surface area contributed by atoms with Crippen molar-refractivity contribution < 1.29 is 4.42 Å². The predicted molar refractivity (Wildman–Crippen MR) is 76.1 cm³/mol. The number of nitrogens with zero attached hydrogens (tertiary/aromatic N) is 4. The maximum absolute atomic E-state index is 5.64. The molecule has 2 aromatic rings. The molecule has 0 bridgehead atoms. The molecule has 20 heavy (non-hydrogen) atoms. The molecular formula is C14H19N5O. The third-order valence-electron chi connectivity index (χ3n) is 3.51. The number of hydrogen-bond donors (Lipinski definition) is 1. The summed E-state index contributed by atoms with van der Waals surface area (Å²) >= 11 is 0. The van der Waals surface area contributed by atoms with E-state index in [1.807, 2.05) is 18.2 Å². The standard InChI is InChI=1S/C14H19N5O/c15-10-12-2-3-13(20-12)11-18-6-8-19(9-7-18)14-16-4-1-5-17-14/h1-5H,6-11,15H2. The van der Waals surface area contributed by atoms with Crippen molar-refractivity contribution in [2.75, 3.05) is 31.1 Å². The van der Waals surface area contributed by atoms with E-state index in [9.17, 15) is 0 Å². The number of rotatable bonds is 4. The summed E-state index contributed by atoms with van der Waals surface area (Å²) < 4.78 is 5.64. The molecule has 2 aromatic heterocycles. The van der Waals surface area contributed by atoms with Gasteiger partial charge in [-0.2, -0.15) is 0 Å². The summed E-state index contributed by atoms with van der Waals surface area (Å²) in [6.07, 6.45) is 3.57. The third kappa shape index (κ3) is 2.97. The van der Waals surface area contributed by atoms with Gasteiger partial charge in [-0.05, 0) is 18.2 Å². The van der Waals surface area contributed by atoms with Crippen molar-refractivity contribution in [3.63, 3.8) is 0 Å². The maximum Gasteiger partial charge on any atom is 0.225 e. The number of nitrogens with two attached hydrogens (primary N) is 1. The summed E-state index contributed by atoms with van der Waals surface area (Å²) in [6.45, 7) is 5.14. The Labute approximate surface area is 118 Å². The Bertz CT molecular complexity index is 534. The smallest absolute Gasteiger partial charge is 0.225 e. The molecule has 0 radical (unpaired) electrons. The van der Waals surface area contributed by atoms with Crippen molar-refractivity contribution in [2.45, 2.75) is 13.1 Å². The highest BCUT2D eigenvalue weighted by atomic mass is 16.3. The SMILES string of the molecule is NCc1ccc(CN2CCN(c3ncccn3)CC2)o1. The normalized spacial score (nSPS) is 16.6. The topological polar surface area (TPSA) is 71.4 Å². The van der Waals surface area contributed by atoms with Crippen LogP contribution in [0.3, 0.4) is 0 Å². The van der Waals surface area contributed by atoms with Crippen LogP contribution in [0.2, 0.25) is 0 Å². The molecule has 1 aliphatic heterocycles. The molecule has 1 aliphatic rings. The van der Waals surface area contributed by atoms with Crippen molar-refractivity contribution in [1.82, 2.24) is 14.9 Å². The van der Waals surface area contributed by atoms with Gasteiger partial charge in [0.1, 0.15) is 11.5 Å². The highest BCUT2D eigenvalue weighted by Crippen LogP contribution is 2.14. The molecule has 0 unspecified atom stereocenters. The van der Waals surface area contributed by atoms with Gasteiger partial charge in [0, 0.05) is 38.6 Å². The Morgan fingerprint density at radius 1 is 1.05 bits per heavy atom. The molecule has 0 aliphatic carbocycles. The van der Waals surface area contributed by atoms with Crippen LogP contribution < -0.4 is 10.6 Å². The van der Waals surface area contributed by atoms with Crippen molar-refractivity contribution in [3.8, 4) is 0 Å². The third-order valence-corrected chi connectivity index (χ3v) is 3.51. The zero-order valence-corrected chi connectivity index (χ0v) is 11.4. The predicted octanol–water partition coefficient (Wildman–Crippen LogP) is 0.850. The van der Waals surface area contributed by atoms with Crippen LogP contribution in [-0.2, 0) is 13.1 Å². The van der Waals surface area contributed by atoms with Crippen LogP contribution in [-0.4, -0.2) is 41.0 Å². The lowest BCUT2D eigenvalue weighted by Gasteiger charge is -2.34. The summed E-state index contributed by atoms with van der Waals surface area (Å²) in [6, 6.07) is 5.80. The Morgan fingerprint density at radius 2 is 1.75 bits per heavy atom. The lowest BCUT2D eigenvalue weighted by atomic mass is 10.3. The second kappa shape index (κ2) is 6.02. The fourth-order valence-electron chi connectivity index (χ4n) is 2.40. The molecule has 0 saturated carbocycles. The molecule has 0 amide bonds. The van der Waals surface area contributed by atoms with E-state index in [2.05, 4.69) is 19.8 Å². The highest BCUT2D eigenvalue weighted by molar-refractivity contribution is 5.29. The largest absolute Gasteiger partial charge is 0.463 e. The van der Waals surface area contributed by atoms with E-state index < -0.39 is 0 Å². The Kier molecular flexibility index (Phi) is 3.94. The van der Waals surface area contributed by atoms with E-state index in [0.717, 1.165) is 50.2 Å². The second-order valence-electron chi connectivity index (χ2n) is 4.88. The quantitative estimate of drug-likeness (QED) is 0.890. The molecule has 1 fully saturated rings. The lowest BCUT2D eigenvalue weighted by molar-refractivity contribution is 0.227. The molecule has 3 heterocycles. The van der Waals surface area contributed by atoms with Gasteiger partial charge in [-0.1, -0.05) is 0 Å². The molecule has 0 atom stereocenters. The fourth-order valence-corrected chi connectivity index (χ4v) is 2.40. The first-order valence-corrected chi connectivity index (χ1v) is 6.87. The Hall–Kier alpha value is -1.92. The monoisotopic (exact) mass is 273 g/mol. The molecule has 3 rings (SSSR count). The van der Waals surface area contributed by atoms with Crippen molar-refractivity contribution in [1.29, 1.82) is 0 Å². The van der Waals surface area contributed by atoms with Gasteiger partial charge in [-0.15, -0.1) is 0 Å². The van der Waals surface area contributed by atoms with E-state index in [0.29, 0.717) is 6.54 Å². The van der Waals surface area contributed by atoms with E-state index >= 15 is 0 Å². The Morgan fingerprint density at radius 3 is 2.40 bits per heavy atom. The first kappa shape index (κ1) is 13.1. The van der Waals surface area contributed by atoms with Crippen LogP contribution in [0.25, 0.3) is 0 Å². The summed E-state index contributed by atoms with van der Waals surface area (Å²) in [5.41, 5.74) is 5.55. The van der Waals surface area contributed by atoms with Gasteiger partial charge >= 0.3 is 0 Å². The van der Waals surface area contributed by atoms with Crippen LogP contribution in [0.15, 0.2) is 35.0 Å². The molecule has 106 valence electrons. The molecule has 2 N–H and O–H groups in total. The van der Waals surface area contributed by atoms with Crippen LogP contribution in [0, 0.1) is 0 Å². The first-order valence-electron chi connectivity index (χ1n) is 6.87. The van der Waals surface area contributed by atoms with Crippen molar-refractivity contribution in [3.05, 3.63) is 42.1 Å². The first-order chi connectivity index (χ1) is 9.85. The molecule has 1 saturated heterocycles. The van der Waals surface area contributed by atoms with Crippen LogP contribution in [0.4, 0.5) is 5.95 Å². The van der Waals surface area contributed by atoms with E-state index in [4.69, 9.17) is 10.2 Å². The van der Waals surface area contributed by atoms with Gasteiger partial charge in [-0.3, -0.25) is 4.90 Å². The second-order valence-corrected chi connectivity index (χ2v) is 4.88. The molecule has 0 spiro atoms. The van der Waals surface area contributed by atoms with Crippen molar-refractivity contribution >= 4 is 5.95 Å². The average molecular weight is 273 g/mol. The average Bonchev–Trinajstić information content (AvgIpc) is 2.97. The van der Waals surface area contributed by atoms with Crippen LogP contribution in [0.1, 0.15) is 11.5 Å². The zero-order chi connectivity index (χ0) is 13.8. The van der Waals surface area contributed by atoms with E-state index in [-0.39, 0.29) is 0 Å². The van der Waals surface area contributed by atoms with Crippen LogP contribution >= 0.6 is 0 Å². The number of anilines is 1. The Balaban J connectivity index is 1.53. The highest BCUT2D eigenvalue weighted by Gasteiger charge is 2.19. The maximum atomic E-state index is 5.64. The van der Waals surface area contributed by atoms with Gasteiger partial charge in [-0.25, -0.2) is 9.97 Å². The molecule has 0 aromatic carbocycles. The summed E-state index contributed by atoms with van der Waals surface area (Å²) in [7, 11) is 0. The minimum absolute atomic E-state index is 0.457. The minimum Gasteiger partial charge on any atom is -0.463 e. The molecular weight excluding hydrogens is 254 g/mol. The number of aromatic nitrogens is 2. The van der Waals surface area contributed by atoms with Gasteiger partial charge in [0.05, 0.1) is 13.1 Å². The van der Waals surface area contributed by atoms with Crippen molar-refractivity contribution in [2.24, 2.45) is 5.73 Å². The number of furan rings is 1. The lowest BCUT2D eigenvalue weighted by Crippen LogP contribution is -2.46. The summed E-state index contributed by atoms with van der Waals surface area (Å²) in [5, 5.41) is 0. The number of piperazine rings is 1. The van der Waals surface area contributed by atoms with Gasteiger partial charge in [0.2, 0.25) is 5.95 Å².